The van der Waals surface area contributed by atoms with E-state index in [0.29, 0.717) is 46.5 Å². The van der Waals surface area contributed by atoms with Crippen molar-refractivity contribution in [1.82, 2.24) is 15.2 Å². The van der Waals surface area contributed by atoms with E-state index in [-0.39, 0.29) is 24.2 Å². The quantitative estimate of drug-likeness (QED) is 0.469. The fourth-order valence-corrected chi connectivity index (χ4v) is 4.19. The molecule has 9 nitrogen and oxygen atoms in total. The molecule has 200 valence electrons. The van der Waals surface area contributed by atoms with Crippen molar-refractivity contribution in [1.29, 1.82) is 0 Å². The lowest BCUT2D eigenvalue weighted by atomic mass is 10.1. The Hall–Kier alpha value is -4.21. The number of anilines is 1. The maximum Gasteiger partial charge on any atom is 0.408 e. The highest BCUT2D eigenvalue weighted by Gasteiger charge is 2.28. The summed E-state index contributed by atoms with van der Waals surface area (Å²) in [4.78, 5) is 43.3. The number of hydrogen-bond acceptors (Lipinski definition) is 6. The Labute approximate surface area is 220 Å². The Kier molecular flexibility index (Phi) is 7.52. The largest absolute Gasteiger partial charge is 0.459 e. The van der Waals surface area contributed by atoms with Gasteiger partial charge in [0.1, 0.15) is 34.6 Å². The highest BCUT2D eigenvalue weighted by Crippen LogP contribution is 2.28. The van der Waals surface area contributed by atoms with E-state index in [1.807, 2.05) is 6.07 Å². The Morgan fingerprint density at radius 1 is 1.34 bits per heavy atom. The summed E-state index contributed by atoms with van der Waals surface area (Å²) < 4.78 is 25.2. The fourth-order valence-electron chi connectivity index (χ4n) is 4.19. The first-order chi connectivity index (χ1) is 17.9. The molecule has 0 saturated carbocycles. The highest BCUT2D eigenvalue weighted by atomic mass is 19.1. The molecule has 1 atom stereocenters. The fraction of sp³-hybridized carbons (Fsp3) is 0.357. The zero-order chi connectivity index (χ0) is 27.6. The first kappa shape index (κ1) is 26.8. The van der Waals surface area contributed by atoms with Gasteiger partial charge in [-0.15, -0.1) is 0 Å². The number of fused-ring (bicyclic) bond motifs is 2. The summed E-state index contributed by atoms with van der Waals surface area (Å²) in [5, 5.41) is 5.77. The smallest absolute Gasteiger partial charge is 0.408 e. The Morgan fingerprint density at radius 3 is 2.82 bits per heavy atom. The Balaban J connectivity index is 1.40. The number of benzene rings is 1. The van der Waals surface area contributed by atoms with E-state index in [1.165, 1.54) is 17.0 Å². The van der Waals surface area contributed by atoms with E-state index in [2.05, 4.69) is 15.6 Å². The van der Waals surface area contributed by atoms with Gasteiger partial charge in [-0.1, -0.05) is 6.07 Å². The number of alkyl carbamates (subject to hydrolysis) is 1. The lowest BCUT2D eigenvalue weighted by Crippen LogP contribution is -2.45. The minimum absolute atomic E-state index is 0.184. The lowest BCUT2D eigenvalue weighted by molar-refractivity contribution is -0.125. The molecule has 0 bridgehead atoms. The SMILES string of the molecule is Cc1c(CN(C)C(=O)/C=C/c2cnc3c(c2)CCC(NC(=O)OC(C)(C)C)C(=O)N3)oc2cccc(F)c12. The summed E-state index contributed by atoms with van der Waals surface area (Å²) in [6.07, 6.45) is 4.80. The van der Waals surface area contributed by atoms with Crippen LogP contribution >= 0.6 is 0 Å². The van der Waals surface area contributed by atoms with Crippen LogP contribution in [0.2, 0.25) is 0 Å². The molecule has 3 heterocycles. The van der Waals surface area contributed by atoms with E-state index < -0.39 is 17.7 Å². The summed E-state index contributed by atoms with van der Waals surface area (Å²) in [5.74, 6) is -0.0658. The van der Waals surface area contributed by atoms with Crippen LogP contribution in [-0.2, 0) is 27.3 Å². The van der Waals surface area contributed by atoms with Crippen molar-refractivity contribution in [2.75, 3.05) is 12.4 Å². The van der Waals surface area contributed by atoms with Gasteiger partial charge in [0.05, 0.1) is 11.9 Å². The second-order valence-corrected chi connectivity index (χ2v) is 10.3. The van der Waals surface area contributed by atoms with Crippen molar-refractivity contribution < 1.29 is 27.9 Å². The van der Waals surface area contributed by atoms with Crippen molar-refractivity contribution in [3.8, 4) is 0 Å². The molecule has 4 rings (SSSR count). The van der Waals surface area contributed by atoms with Crippen LogP contribution in [0.4, 0.5) is 15.0 Å². The van der Waals surface area contributed by atoms with Gasteiger partial charge < -0.3 is 24.7 Å². The van der Waals surface area contributed by atoms with Gasteiger partial charge in [0, 0.05) is 24.9 Å². The Bertz CT molecular complexity index is 1420. The summed E-state index contributed by atoms with van der Waals surface area (Å²) in [5.41, 5.74) is 1.90. The van der Waals surface area contributed by atoms with Gasteiger partial charge in [-0.2, -0.15) is 0 Å². The van der Waals surface area contributed by atoms with Gasteiger partial charge >= 0.3 is 6.09 Å². The number of amides is 3. The third-order valence-corrected chi connectivity index (χ3v) is 6.12. The maximum absolute atomic E-state index is 14.2. The number of nitrogens with one attached hydrogen (secondary N) is 2. The molecule has 0 radical (unpaired) electrons. The van der Waals surface area contributed by atoms with Crippen LogP contribution < -0.4 is 10.6 Å². The van der Waals surface area contributed by atoms with Crippen molar-refractivity contribution in [2.45, 2.75) is 58.7 Å². The number of carbonyl (C=O) groups is 3. The molecule has 2 aromatic heterocycles. The number of carbonyl (C=O) groups excluding carboxylic acids is 3. The summed E-state index contributed by atoms with van der Waals surface area (Å²) in [6, 6.07) is 5.74. The number of ether oxygens (including phenoxy) is 1. The number of halogens is 1. The van der Waals surface area contributed by atoms with Gasteiger partial charge in [-0.25, -0.2) is 14.2 Å². The van der Waals surface area contributed by atoms with Gasteiger partial charge in [-0.3, -0.25) is 9.59 Å². The first-order valence-electron chi connectivity index (χ1n) is 12.3. The number of rotatable bonds is 5. The van der Waals surface area contributed by atoms with E-state index in [9.17, 15) is 18.8 Å². The topological polar surface area (TPSA) is 114 Å². The van der Waals surface area contributed by atoms with Gasteiger partial charge in [-0.05, 0) is 75.9 Å². The number of likely N-dealkylation sites (N-methyl/N-ethyl adjacent to an activating group) is 1. The molecule has 1 aliphatic heterocycles. The van der Waals surface area contributed by atoms with Crippen LogP contribution in [0.25, 0.3) is 17.0 Å². The van der Waals surface area contributed by atoms with E-state index in [4.69, 9.17) is 9.15 Å². The molecule has 1 unspecified atom stereocenters. The third kappa shape index (κ3) is 6.19. The van der Waals surface area contributed by atoms with Crippen LogP contribution in [0.1, 0.15) is 49.6 Å². The zero-order valence-corrected chi connectivity index (χ0v) is 22.1. The number of aromatic nitrogens is 1. The second-order valence-electron chi connectivity index (χ2n) is 10.3. The molecule has 2 N–H and O–H groups in total. The molecule has 10 heteroatoms. The van der Waals surface area contributed by atoms with Crippen LogP contribution in [0.3, 0.4) is 0 Å². The minimum Gasteiger partial charge on any atom is -0.459 e. The monoisotopic (exact) mass is 522 g/mol. The summed E-state index contributed by atoms with van der Waals surface area (Å²) >= 11 is 0. The number of hydrogen-bond donors (Lipinski definition) is 2. The predicted molar refractivity (Wildman–Crippen MR) is 141 cm³/mol. The highest BCUT2D eigenvalue weighted by molar-refractivity contribution is 5.97. The molecule has 0 spiro atoms. The standard InChI is InChI=1S/C28H31FN4O5/c1-16-22(37-21-8-6-7-19(29)24(16)21)15-33(5)23(34)12-9-17-13-18-10-11-20(26(35)32-25(18)30-14-17)31-27(36)38-28(2,3)4/h6-9,12-14,20H,10-11,15H2,1-5H3,(H,31,36)(H,30,32,35)/b12-9+. The third-order valence-electron chi connectivity index (χ3n) is 6.12. The lowest BCUT2D eigenvalue weighted by Gasteiger charge is -2.22. The van der Waals surface area contributed by atoms with Gasteiger partial charge in [0.25, 0.3) is 0 Å². The normalized spacial score (nSPS) is 15.6. The molecule has 3 aromatic rings. The summed E-state index contributed by atoms with van der Waals surface area (Å²) in [6.45, 7) is 7.20. The average Bonchev–Trinajstić information content (AvgIpc) is 3.06. The molecule has 0 aliphatic carbocycles. The number of pyridine rings is 1. The zero-order valence-electron chi connectivity index (χ0n) is 22.1. The number of nitrogens with zero attached hydrogens (tertiary/aromatic N) is 2. The molecular weight excluding hydrogens is 491 g/mol. The van der Waals surface area contributed by atoms with Gasteiger partial charge in [0.2, 0.25) is 11.8 Å². The molecule has 0 fully saturated rings. The van der Waals surface area contributed by atoms with Crippen LogP contribution in [0.5, 0.6) is 0 Å². The predicted octanol–water partition coefficient (Wildman–Crippen LogP) is 4.73. The minimum atomic E-state index is -0.761. The molecule has 3 amide bonds. The second kappa shape index (κ2) is 10.6. The van der Waals surface area contributed by atoms with Gasteiger partial charge in [0.15, 0.2) is 0 Å². The molecular formula is C28H31FN4O5. The van der Waals surface area contributed by atoms with Crippen molar-refractivity contribution in [2.24, 2.45) is 0 Å². The van der Waals surface area contributed by atoms with Crippen LogP contribution in [0.15, 0.2) is 41.0 Å². The van der Waals surface area contributed by atoms with Crippen molar-refractivity contribution >= 4 is 40.8 Å². The summed E-state index contributed by atoms with van der Waals surface area (Å²) in [7, 11) is 1.64. The van der Waals surface area contributed by atoms with Crippen molar-refractivity contribution in [3.05, 3.63) is 64.8 Å². The molecule has 1 aliphatic rings. The Morgan fingerprint density at radius 2 is 2.11 bits per heavy atom. The average molecular weight is 523 g/mol. The molecule has 1 aromatic carbocycles. The number of aryl methyl sites for hydroxylation is 2. The van der Waals surface area contributed by atoms with E-state index in [0.717, 1.165) is 5.56 Å². The van der Waals surface area contributed by atoms with Crippen LogP contribution in [-0.4, -0.2) is 46.5 Å². The number of furan rings is 1. The molecule has 0 saturated heterocycles. The van der Waals surface area contributed by atoms with E-state index >= 15 is 0 Å². The van der Waals surface area contributed by atoms with Crippen molar-refractivity contribution in [3.63, 3.8) is 0 Å². The molecule has 38 heavy (non-hydrogen) atoms. The van der Waals surface area contributed by atoms with E-state index in [1.54, 1.807) is 59.1 Å². The first-order valence-corrected chi connectivity index (χ1v) is 12.3. The maximum atomic E-state index is 14.2. The van der Waals surface area contributed by atoms with Crippen LogP contribution in [0, 0.1) is 12.7 Å².